The zero-order valence-electron chi connectivity index (χ0n) is 16.6. The number of ether oxygens (including phenoxy) is 2. The van der Waals surface area contributed by atoms with Gasteiger partial charge in [-0.1, -0.05) is 0 Å². The third-order valence-electron chi connectivity index (χ3n) is 4.70. The third-order valence-corrected chi connectivity index (χ3v) is 5.61. The molecule has 0 radical (unpaired) electrons. The van der Waals surface area contributed by atoms with Crippen molar-refractivity contribution in [3.63, 3.8) is 0 Å². The van der Waals surface area contributed by atoms with E-state index in [1.807, 2.05) is 0 Å². The Morgan fingerprint density at radius 1 is 1.10 bits per heavy atom. The molecule has 0 bridgehead atoms. The summed E-state index contributed by atoms with van der Waals surface area (Å²) in [6.07, 6.45) is 1.41. The molecule has 11 nitrogen and oxygen atoms in total. The molecule has 1 aliphatic rings. The molecule has 1 aliphatic heterocycles. The van der Waals surface area contributed by atoms with E-state index >= 15 is 0 Å². The van der Waals surface area contributed by atoms with Gasteiger partial charge in [-0.3, -0.25) is 9.59 Å². The van der Waals surface area contributed by atoms with Crippen molar-refractivity contribution in [2.45, 2.75) is 4.90 Å². The van der Waals surface area contributed by atoms with E-state index in [2.05, 4.69) is 0 Å². The van der Waals surface area contributed by atoms with Crippen LogP contribution in [0, 0.1) is 0 Å². The lowest BCUT2D eigenvalue weighted by Crippen LogP contribution is -2.51. The fourth-order valence-electron chi connectivity index (χ4n) is 3.03. The van der Waals surface area contributed by atoms with E-state index in [0.29, 0.717) is 13.1 Å². The second-order valence-corrected chi connectivity index (χ2v) is 8.19. The van der Waals surface area contributed by atoms with E-state index in [0.717, 1.165) is 6.07 Å². The van der Waals surface area contributed by atoms with E-state index < -0.39 is 28.5 Å². The summed E-state index contributed by atoms with van der Waals surface area (Å²) in [7, 11) is -2.74. The first-order valence-electron chi connectivity index (χ1n) is 9.19. The molecule has 0 atom stereocenters. The number of carbonyl (C=O) groups is 3. The van der Waals surface area contributed by atoms with Crippen molar-refractivity contribution in [1.29, 1.82) is 0 Å². The zero-order chi connectivity index (χ0) is 22.6. The average molecular weight is 451 g/mol. The number of sulfonamides is 1. The molecule has 3 rings (SSSR count). The predicted molar refractivity (Wildman–Crippen MR) is 106 cm³/mol. The van der Waals surface area contributed by atoms with Crippen molar-refractivity contribution in [2.24, 2.45) is 5.14 Å². The highest BCUT2D eigenvalue weighted by atomic mass is 32.2. The number of methoxy groups -OCH3 is 1. The predicted octanol–water partition coefficient (Wildman–Crippen LogP) is 0.0770. The van der Waals surface area contributed by atoms with Gasteiger partial charge in [0, 0.05) is 26.2 Å². The molecule has 1 aromatic carbocycles. The van der Waals surface area contributed by atoms with Gasteiger partial charge in [0.2, 0.25) is 10.0 Å². The number of hydrogen-bond donors (Lipinski definition) is 1. The second-order valence-electron chi connectivity index (χ2n) is 6.63. The van der Waals surface area contributed by atoms with E-state index in [-0.39, 0.29) is 41.0 Å². The van der Waals surface area contributed by atoms with Crippen molar-refractivity contribution in [3.8, 4) is 5.75 Å². The Kier molecular flexibility index (Phi) is 6.61. The summed E-state index contributed by atoms with van der Waals surface area (Å²) in [5, 5.41) is 5.09. The highest BCUT2D eigenvalue weighted by Crippen LogP contribution is 2.23. The van der Waals surface area contributed by atoms with Crippen LogP contribution in [0.5, 0.6) is 5.75 Å². The van der Waals surface area contributed by atoms with Crippen LogP contribution in [0.1, 0.15) is 20.9 Å². The summed E-state index contributed by atoms with van der Waals surface area (Å²) in [5.74, 6) is -1.33. The average Bonchev–Trinajstić information content (AvgIpc) is 3.30. The summed E-state index contributed by atoms with van der Waals surface area (Å²) in [6.45, 7) is 0.612. The van der Waals surface area contributed by atoms with Crippen molar-refractivity contribution in [1.82, 2.24) is 9.80 Å². The van der Waals surface area contributed by atoms with Crippen LogP contribution in [0.15, 0.2) is 45.9 Å². The van der Waals surface area contributed by atoms with Crippen LogP contribution >= 0.6 is 0 Å². The molecule has 2 heterocycles. The first kappa shape index (κ1) is 22.3. The lowest BCUT2D eigenvalue weighted by molar-refractivity contribution is -0.136. The second kappa shape index (κ2) is 9.18. The van der Waals surface area contributed by atoms with Gasteiger partial charge < -0.3 is 23.7 Å². The number of carbonyl (C=O) groups excluding carboxylic acids is 3. The minimum atomic E-state index is -4.04. The van der Waals surface area contributed by atoms with Crippen LogP contribution in [0.25, 0.3) is 0 Å². The summed E-state index contributed by atoms with van der Waals surface area (Å²) in [4.78, 5) is 39.8. The van der Waals surface area contributed by atoms with Crippen molar-refractivity contribution >= 4 is 27.8 Å². The number of amides is 2. The Morgan fingerprint density at radius 2 is 1.77 bits per heavy atom. The smallest absolute Gasteiger partial charge is 0.342 e. The van der Waals surface area contributed by atoms with Crippen LogP contribution in [0.4, 0.5) is 0 Å². The number of rotatable bonds is 6. The molecule has 31 heavy (non-hydrogen) atoms. The van der Waals surface area contributed by atoms with Gasteiger partial charge in [0.25, 0.3) is 11.8 Å². The number of hydrogen-bond acceptors (Lipinski definition) is 8. The molecule has 1 saturated heterocycles. The van der Waals surface area contributed by atoms with Crippen LogP contribution in [0.2, 0.25) is 0 Å². The molecular weight excluding hydrogens is 430 g/mol. The molecule has 2 N–H and O–H groups in total. The molecular formula is C19H21N3O8S. The standard InChI is InChI=1S/C19H21N3O8S/c1-28-15-5-4-13(31(20,26)27)11-14(15)19(25)30-12-17(23)21-6-8-22(9-7-21)18(24)16-3-2-10-29-16/h2-5,10-11H,6-9,12H2,1H3,(H2,20,26,27). The molecule has 2 aromatic rings. The number of primary sulfonamides is 1. The topological polar surface area (TPSA) is 149 Å². The SMILES string of the molecule is COc1ccc(S(N)(=O)=O)cc1C(=O)OCC(=O)N1CCN(C(=O)c2ccco2)CC1. The summed E-state index contributed by atoms with van der Waals surface area (Å²) in [5.41, 5.74) is -0.171. The molecule has 1 aromatic heterocycles. The van der Waals surface area contributed by atoms with Crippen molar-refractivity contribution in [2.75, 3.05) is 39.9 Å². The van der Waals surface area contributed by atoms with Crippen LogP contribution in [0.3, 0.4) is 0 Å². The quantitative estimate of drug-likeness (QED) is 0.607. The maximum Gasteiger partial charge on any atom is 0.342 e. The molecule has 0 spiro atoms. The van der Waals surface area contributed by atoms with Crippen molar-refractivity contribution < 1.29 is 36.7 Å². The summed E-state index contributed by atoms with van der Waals surface area (Å²) in [6, 6.07) is 6.68. The first-order valence-corrected chi connectivity index (χ1v) is 10.7. The third kappa shape index (κ3) is 5.22. The molecule has 2 amide bonds. The van der Waals surface area contributed by atoms with E-state index in [9.17, 15) is 22.8 Å². The van der Waals surface area contributed by atoms with Crippen LogP contribution in [-0.2, 0) is 19.6 Å². The number of nitrogens with two attached hydrogens (primary N) is 1. The van der Waals surface area contributed by atoms with E-state index in [1.165, 1.54) is 30.4 Å². The number of piperazine rings is 1. The first-order chi connectivity index (χ1) is 14.7. The van der Waals surface area contributed by atoms with Gasteiger partial charge in [0.1, 0.15) is 11.3 Å². The lowest BCUT2D eigenvalue weighted by Gasteiger charge is -2.34. The number of esters is 1. The minimum absolute atomic E-state index is 0.0786. The summed E-state index contributed by atoms with van der Waals surface area (Å²) >= 11 is 0. The highest BCUT2D eigenvalue weighted by Gasteiger charge is 2.27. The molecule has 1 fully saturated rings. The number of benzene rings is 1. The van der Waals surface area contributed by atoms with Gasteiger partial charge in [-0.05, 0) is 30.3 Å². The Hall–Kier alpha value is -3.38. The number of furan rings is 1. The van der Waals surface area contributed by atoms with Crippen molar-refractivity contribution in [3.05, 3.63) is 47.9 Å². The van der Waals surface area contributed by atoms with Crippen LogP contribution in [-0.4, -0.2) is 75.9 Å². The maximum atomic E-state index is 12.4. The monoisotopic (exact) mass is 451 g/mol. The molecule has 0 aliphatic carbocycles. The molecule has 166 valence electrons. The van der Waals surface area contributed by atoms with Gasteiger partial charge in [-0.2, -0.15) is 0 Å². The minimum Gasteiger partial charge on any atom is -0.496 e. The Labute approximate surface area is 178 Å². The number of nitrogens with zero attached hydrogens (tertiary/aromatic N) is 2. The Balaban J connectivity index is 1.56. The summed E-state index contributed by atoms with van der Waals surface area (Å²) < 4.78 is 38.2. The maximum absolute atomic E-state index is 12.4. The lowest BCUT2D eigenvalue weighted by atomic mass is 10.2. The molecule has 0 saturated carbocycles. The fraction of sp³-hybridized carbons (Fsp3) is 0.316. The van der Waals surface area contributed by atoms with Gasteiger partial charge in [0.15, 0.2) is 12.4 Å². The Morgan fingerprint density at radius 3 is 2.35 bits per heavy atom. The van der Waals surface area contributed by atoms with Gasteiger partial charge in [-0.15, -0.1) is 0 Å². The zero-order valence-corrected chi connectivity index (χ0v) is 17.5. The van der Waals surface area contributed by atoms with Crippen LogP contribution < -0.4 is 9.88 Å². The highest BCUT2D eigenvalue weighted by molar-refractivity contribution is 7.89. The fourth-order valence-corrected chi connectivity index (χ4v) is 3.57. The van der Waals surface area contributed by atoms with E-state index in [4.69, 9.17) is 19.0 Å². The van der Waals surface area contributed by atoms with Gasteiger partial charge >= 0.3 is 5.97 Å². The largest absolute Gasteiger partial charge is 0.496 e. The molecule has 0 unspecified atom stereocenters. The van der Waals surface area contributed by atoms with Gasteiger partial charge in [-0.25, -0.2) is 18.4 Å². The van der Waals surface area contributed by atoms with E-state index in [1.54, 1.807) is 17.0 Å². The molecule has 12 heteroatoms. The Bertz CT molecular complexity index is 1070. The normalized spacial score (nSPS) is 14.3. The van der Waals surface area contributed by atoms with Gasteiger partial charge in [0.05, 0.1) is 18.3 Å².